The van der Waals surface area contributed by atoms with E-state index in [2.05, 4.69) is 62.2 Å². The zero-order chi connectivity index (χ0) is 23.2. The quantitative estimate of drug-likeness (QED) is 0.321. The van der Waals surface area contributed by atoms with E-state index in [1.165, 1.54) is 18.5 Å². The lowest BCUT2D eigenvalue weighted by atomic mass is 9.90. The van der Waals surface area contributed by atoms with Gasteiger partial charge < -0.3 is 20.1 Å². The first-order valence-electron chi connectivity index (χ1n) is 13.5. The molecule has 1 aliphatic rings. The van der Waals surface area contributed by atoms with Gasteiger partial charge in [0.1, 0.15) is 0 Å². The van der Waals surface area contributed by atoms with Crippen LogP contribution in [0.1, 0.15) is 104 Å². The number of nitrogens with zero attached hydrogens (tertiary/aromatic N) is 1. The molecular formula is C28H50N2O2. The lowest BCUT2D eigenvalue weighted by Gasteiger charge is -2.39. The normalized spacial score (nSPS) is 21.0. The number of hydrogen-bond acceptors (Lipinski definition) is 4. The molecule has 4 heteroatoms. The van der Waals surface area contributed by atoms with Gasteiger partial charge in [-0.2, -0.15) is 0 Å². The van der Waals surface area contributed by atoms with Crippen molar-refractivity contribution in [2.45, 2.75) is 104 Å². The molecule has 2 N–H and O–H groups in total. The van der Waals surface area contributed by atoms with Gasteiger partial charge in [-0.15, -0.1) is 0 Å². The monoisotopic (exact) mass is 446 g/mol. The molecule has 4 nitrogen and oxygen atoms in total. The fourth-order valence-electron chi connectivity index (χ4n) is 5.23. The van der Waals surface area contributed by atoms with E-state index in [1.807, 2.05) is 0 Å². The number of benzene rings is 1. The lowest BCUT2D eigenvalue weighted by molar-refractivity contribution is -0.0840. The summed E-state index contributed by atoms with van der Waals surface area (Å²) in [6, 6.07) is 8.57. The molecule has 0 saturated heterocycles. The van der Waals surface area contributed by atoms with Crippen LogP contribution in [0.15, 0.2) is 24.3 Å². The van der Waals surface area contributed by atoms with E-state index in [0.29, 0.717) is 6.61 Å². The maximum absolute atomic E-state index is 11.5. The van der Waals surface area contributed by atoms with Crippen LogP contribution in [0, 0.1) is 5.92 Å². The molecule has 2 unspecified atom stereocenters. The van der Waals surface area contributed by atoms with Crippen LogP contribution in [0.2, 0.25) is 0 Å². The van der Waals surface area contributed by atoms with Crippen molar-refractivity contribution in [3.8, 4) is 0 Å². The molecule has 0 aromatic heterocycles. The largest absolute Gasteiger partial charge is 0.388 e. The highest BCUT2D eigenvalue weighted by Gasteiger charge is 2.37. The van der Waals surface area contributed by atoms with Crippen LogP contribution in [0.5, 0.6) is 0 Å². The van der Waals surface area contributed by atoms with Crippen molar-refractivity contribution in [3.63, 3.8) is 0 Å². The summed E-state index contributed by atoms with van der Waals surface area (Å²) < 4.78 is 6.82. The van der Waals surface area contributed by atoms with Crippen LogP contribution >= 0.6 is 0 Å². The summed E-state index contributed by atoms with van der Waals surface area (Å²) >= 11 is 0. The predicted molar refractivity (Wildman–Crippen MR) is 138 cm³/mol. The van der Waals surface area contributed by atoms with E-state index >= 15 is 0 Å². The highest BCUT2D eigenvalue weighted by molar-refractivity contribution is 5.55. The zero-order valence-corrected chi connectivity index (χ0v) is 21.4. The fraction of sp³-hybridized carbons (Fsp3) is 0.786. The van der Waals surface area contributed by atoms with E-state index in [4.69, 9.17) is 4.74 Å². The van der Waals surface area contributed by atoms with Crippen molar-refractivity contribution in [2.75, 3.05) is 37.7 Å². The van der Waals surface area contributed by atoms with Crippen molar-refractivity contribution < 1.29 is 9.84 Å². The minimum atomic E-state index is -0.467. The van der Waals surface area contributed by atoms with Crippen LogP contribution < -0.4 is 10.2 Å². The van der Waals surface area contributed by atoms with Crippen LogP contribution in [0.25, 0.3) is 0 Å². The third-order valence-corrected chi connectivity index (χ3v) is 6.92. The van der Waals surface area contributed by atoms with Gasteiger partial charge in [-0.25, -0.2) is 0 Å². The van der Waals surface area contributed by atoms with Gasteiger partial charge in [-0.3, -0.25) is 0 Å². The molecule has 1 heterocycles. The molecule has 0 bridgehead atoms. The number of nitrogens with one attached hydrogen (secondary N) is 1. The highest BCUT2D eigenvalue weighted by Crippen LogP contribution is 2.39. The van der Waals surface area contributed by atoms with E-state index in [-0.39, 0.29) is 11.5 Å². The molecule has 0 aliphatic carbocycles. The van der Waals surface area contributed by atoms with Crippen molar-refractivity contribution in [3.05, 3.63) is 29.8 Å². The Morgan fingerprint density at radius 3 is 2.41 bits per heavy atom. The summed E-state index contributed by atoms with van der Waals surface area (Å²) in [5, 5.41) is 15.0. The molecule has 0 amide bonds. The highest BCUT2D eigenvalue weighted by atomic mass is 16.5. The Balaban J connectivity index is 2.33. The number of aliphatic hydroxyl groups is 1. The van der Waals surface area contributed by atoms with Crippen molar-refractivity contribution in [1.82, 2.24) is 5.32 Å². The first kappa shape index (κ1) is 27.1. The smallest absolute Gasteiger partial charge is 0.0860 e. The van der Waals surface area contributed by atoms with Crippen LogP contribution in [-0.2, 0) is 4.74 Å². The Labute approximate surface area is 198 Å². The average Bonchev–Trinajstić information content (AvgIpc) is 2.84. The number of anilines is 1. The van der Waals surface area contributed by atoms with E-state index < -0.39 is 6.10 Å². The summed E-state index contributed by atoms with van der Waals surface area (Å²) in [7, 11) is 0. The van der Waals surface area contributed by atoms with Crippen molar-refractivity contribution in [2.24, 2.45) is 5.92 Å². The third kappa shape index (κ3) is 8.04. The Morgan fingerprint density at radius 1 is 0.969 bits per heavy atom. The molecule has 1 aromatic carbocycles. The SMILES string of the molecule is CCCCC1COC(CCC)(CCC)CN(CCCCNCCC)c2ccccc2C1O. The number of unbranched alkanes of at least 4 members (excludes halogenated alkanes) is 2. The molecule has 0 fully saturated rings. The maximum Gasteiger partial charge on any atom is 0.0860 e. The van der Waals surface area contributed by atoms with Gasteiger partial charge in [0.05, 0.1) is 18.3 Å². The number of aliphatic hydroxyl groups excluding tert-OH is 1. The van der Waals surface area contributed by atoms with Gasteiger partial charge >= 0.3 is 0 Å². The van der Waals surface area contributed by atoms with Gasteiger partial charge in [0.2, 0.25) is 0 Å². The van der Waals surface area contributed by atoms with Gasteiger partial charge in [0.25, 0.3) is 0 Å². The van der Waals surface area contributed by atoms with Crippen LogP contribution in [0.3, 0.4) is 0 Å². The van der Waals surface area contributed by atoms with Gasteiger partial charge in [-0.05, 0) is 57.7 Å². The third-order valence-electron chi connectivity index (χ3n) is 6.92. The zero-order valence-electron chi connectivity index (χ0n) is 21.4. The summed E-state index contributed by atoms with van der Waals surface area (Å²) in [6.45, 7) is 13.8. The average molecular weight is 447 g/mol. The first-order valence-corrected chi connectivity index (χ1v) is 13.5. The minimum Gasteiger partial charge on any atom is -0.388 e. The van der Waals surface area contributed by atoms with Gasteiger partial charge in [-0.1, -0.05) is 71.6 Å². The molecule has 184 valence electrons. The Kier molecular flexibility index (Phi) is 12.7. The molecular weight excluding hydrogens is 396 g/mol. The van der Waals surface area contributed by atoms with Gasteiger partial charge in [0.15, 0.2) is 0 Å². The minimum absolute atomic E-state index is 0.133. The molecule has 2 atom stereocenters. The molecule has 0 spiro atoms. The van der Waals surface area contributed by atoms with E-state index in [9.17, 15) is 5.11 Å². The number of ether oxygens (including phenoxy) is 1. The predicted octanol–water partition coefficient (Wildman–Crippen LogP) is 6.48. The standard InChI is InChI=1S/C28H50N2O2/c1-5-9-14-24-22-32-28(17-6-2,18-7-3)23-30(21-13-12-20-29-19-8-4)26-16-11-10-15-25(26)27(24)31/h10-11,15-16,24,27,29,31H,5-9,12-14,17-23H2,1-4H3. The van der Waals surface area contributed by atoms with Gasteiger partial charge in [0, 0.05) is 30.3 Å². The van der Waals surface area contributed by atoms with Crippen molar-refractivity contribution >= 4 is 5.69 Å². The molecule has 1 aromatic rings. The molecule has 0 radical (unpaired) electrons. The number of para-hydroxylation sites is 1. The summed E-state index contributed by atoms with van der Waals surface area (Å²) in [4.78, 5) is 2.53. The van der Waals surface area contributed by atoms with E-state index in [0.717, 1.165) is 83.1 Å². The topological polar surface area (TPSA) is 44.7 Å². The number of rotatable bonds is 14. The van der Waals surface area contributed by atoms with E-state index in [1.54, 1.807) is 0 Å². The summed E-state index contributed by atoms with van der Waals surface area (Å²) in [5.74, 6) is 0.155. The second-order valence-corrected chi connectivity index (χ2v) is 9.78. The molecule has 2 rings (SSSR count). The lowest BCUT2D eigenvalue weighted by Crippen LogP contribution is -2.46. The van der Waals surface area contributed by atoms with Crippen molar-refractivity contribution in [1.29, 1.82) is 0 Å². The van der Waals surface area contributed by atoms with Crippen LogP contribution in [0.4, 0.5) is 5.69 Å². The second-order valence-electron chi connectivity index (χ2n) is 9.78. The summed E-state index contributed by atoms with van der Waals surface area (Å²) in [6.07, 6.45) is 10.7. The molecule has 0 saturated carbocycles. The Hall–Kier alpha value is -1.10. The Bertz CT molecular complexity index is 615. The molecule has 32 heavy (non-hydrogen) atoms. The Morgan fingerprint density at radius 2 is 1.72 bits per heavy atom. The fourth-order valence-corrected chi connectivity index (χ4v) is 5.23. The maximum atomic E-state index is 11.5. The first-order chi connectivity index (χ1) is 15.6. The second kappa shape index (κ2) is 14.9. The number of hydrogen-bond donors (Lipinski definition) is 2. The molecule has 1 aliphatic heterocycles. The van der Waals surface area contributed by atoms with Crippen LogP contribution in [-0.4, -0.2) is 43.5 Å². The summed E-state index contributed by atoms with van der Waals surface area (Å²) in [5.41, 5.74) is 2.17. The number of fused-ring (bicyclic) bond motifs is 1.